The summed E-state index contributed by atoms with van der Waals surface area (Å²) in [6.45, 7) is 1.61. The molecular formula is C20H19NO5. The van der Waals surface area contributed by atoms with Crippen molar-refractivity contribution in [3.8, 4) is 0 Å². The zero-order chi connectivity index (χ0) is 18.8. The summed E-state index contributed by atoms with van der Waals surface area (Å²) in [5.41, 5.74) is 1.73. The van der Waals surface area contributed by atoms with Gasteiger partial charge in [-0.1, -0.05) is 30.3 Å². The third kappa shape index (κ3) is 6.24. The summed E-state index contributed by atoms with van der Waals surface area (Å²) in [7, 11) is 0. The molecule has 2 aromatic rings. The molecule has 0 radical (unpaired) electrons. The average Bonchev–Trinajstić information content (AvgIpc) is 2.66. The van der Waals surface area contributed by atoms with E-state index in [0.717, 1.165) is 5.56 Å². The molecule has 0 saturated carbocycles. The number of hydrogen-bond donors (Lipinski definition) is 1. The topological polar surface area (TPSA) is 81.7 Å². The van der Waals surface area contributed by atoms with Crippen LogP contribution < -0.4 is 5.32 Å². The minimum atomic E-state index is -0.610. The van der Waals surface area contributed by atoms with Crippen LogP contribution in [0.25, 0.3) is 6.08 Å². The van der Waals surface area contributed by atoms with Crippen molar-refractivity contribution < 1.29 is 23.9 Å². The molecular weight excluding hydrogens is 334 g/mol. The fourth-order valence-corrected chi connectivity index (χ4v) is 2.01. The number of ether oxygens (including phenoxy) is 2. The molecule has 0 unspecified atom stereocenters. The molecule has 0 aliphatic heterocycles. The van der Waals surface area contributed by atoms with Crippen molar-refractivity contribution in [3.63, 3.8) is 0 Å². The van der Waals surface area contributed by atoms with Gasteiger partial charge in [0.15, 0.2) is 6.61 Å². The number of rotatable bonds is 7. The van der Waals surface area contributed by atoms with Gasteiger partial charge < -0.3 is 14.8 Å². The van der Waals surface area contributed by atoms with Crippen LogP contribution >= 0.6 is 0 Å². The molecule has 0 fully saturated rings. The van der Waals surface area contributed by atoms with Crippen LogP contribution in [0.2, 0.25) is 0 Å². The molecule has 0 saturated heterocycles. The number of benzene rings is 2. The zero-order valence-corrected chi connectivity index (χ0v) is 14.3. The van der Waals surface area contributed by atoms with Crippen LogP contribution in [0.5, 0.6) is 0 Å². The van der Waals surface area contributed by atoms with E-state index in [-0.39, 0.29) is 0 Å². The van der Waals surface area contributed by atoms with Crippen molar-refractivity contribution in [3.05, 3.63) is 71.8 Å². The Morgan fingerprint density at radius 1 is 0.962 bits per heavy atom. The number of carbonyl (C=O) groups is 3. The highest BCUT2D eigenvalue weighted by atomic mass is 16.5. The normalized spacial score (nSPS) is 10.3. The minimum absolute atomic E-state index is 0.293. The van der Waals surface area contributed by atoms with Gasteiger partial charge in [-0.15, -0.1) is 0 Å². The first kappa shape index (κ1) is 18.9. The van der Waals surface area contributed by atoms with Gasteiger partial charge in [0.1, 0.15) is 0 Å². The fourth-order valence-electron chi connectivity index (χ4n) is 2.01. The van der Waals surface area contributed by atoms with Crippen molar-refractivity contribution in [1.29, 1.82) is 0 Å². The molecule has 1 amide bonds. The molecule has 6 heteroatoms. The second-order valence-electron chi connectivity index (χ2n) is 5.20. The van der Waals surface area contributed by atoms with E-state index in [1.807, 2.05) is 30.3 Å². The molecule has 0 aliphatic carbocycles. The number of esters is 2. The van der Waals surface area contributed by atoms with Gasteiger partial charge in [-0.25, -0.2) is 9.59 Å². The highest BCUT2D eigenvalue weighted by Gasteiger charge is 2.08. The lowest BCUT2D eigenvalue weighted by Crippen LogP contribution is -2.20. The van der Waals surface area contributed by atoms with Gasteiger partial charge in [0.25, 0.3) is 5.91 Å². The van der Waals surface area contributed by atoms with E-state index in [1.54, 1.807) is 37.3 Å². The third-order valence-electron chi connectivity index (χ3n) is 3.24. The maximum atomic E-state index is 11.8. The van der Waals surface area contributed by atoms with E-state index in [4.69, 9.17) is 9.47 Å². The van der Waals surface area contributed by atoms with Gasteiger partial charge in [-0.2, -0.15) is 0 Å². The van der Waals surface area contributed by atoms with Crippen molar-refractivity contribution in [2.75, 3.05) is 18.5 Å². The Kier molecular flexibility index (Phi) is 7.12. The summed E-state index contributed by atoms with van der Waals surface area (Å²) < 4.78 is 9.76. The van der Waals surface area contributed by atoms with Gasteiger partial charge >= 0.3 is 11.9 Å². The quantitative estimate of drug-likeness (QED) is 0.611. The molecule has 26 heavy (non-hydrogen) atoms. The predicted octanol–water partition coefficient (Wildman–Crippen LogP) is 3.06. The first-order valence-corrected chi connectivity index (χ1v) is 8.05. The minimum Gasteiger partial charge on any atom is -0.462 e. The molecule has 134 valence electrons. The van der Waals surface area contributed by atoms with Crippen molar-refractivity contribution >= 4 is 29.6 Å². The van der Waals surface area contributed by atoms with Crippen LogP contribution in [0.1, 0.15) is 22.8 Å². The van der Waals surface area contributed by atoms with Gasteiger partial charge in [-0.05, 0) is 42.8 Å². The molecule has 2 aromatic carbocycles. The largest absolute Gasteiger partial charge is 0.462 e. The van der Waals surface area contributed by atoms with Crippen molar-refractivity contribution in [1.82, 2.24) is 0 Å². The Hall–Kier alpha value is -3.41. The average molecular weight is 353 g/mol. The molecule has 0 aromatic heterocycles. The molecule has 0 aliphatic rings. The smallest absolute Gasteiger partial charge is 0.338 e. The van der Waals surface area contributed by atoms with Crippen LogP contribution in [0, 0.1) is 0 Å². The zero-order valence-electron chi connectivity index (χ0n) is 14.3. The number of amides is 1. The standard InChI is InChI=1S/C20H19NO5/c1-2-25-20(24)16-9-11-17(12-10-16)21-18(22)14-26-19(23)13-8-15-6-4-3-5-7-15/h3-13H,2,14H2,1H3,(H,21,22). The van der Waals surface area contributed by atoms with E-state index < -0.39 is 24.5 Å². The van der Waals surface area contributed by atoms with Gasteiger partial charge in [-0.3, -0.25) is 4.79 Å². The first-order valence-electron chi connectivity index (χ1n) is 8.05. The predicted molar refractivity (Wildman–Crippen MR) is 97.5 cm³/mol. The van der Waals surface area contributed by atoms with Crippen LogP contribution in [0.4, 0.5) is 5.69 Å². The SMILES string of the molecule is CCOC(=O)c1ccc(NC(=O)COC(=O)C=Cc2ccccc2)cc1. The Balaban J connectivity index is 1.78. The van der Waals surface area contributed by atoms with Crippen LogP contribution in [0.3, 0.4) is 0 Å². The monoisotopic (exact) mass is 353 g/mol. The van der Waals surface area contributed by atoms with Gasteiger partial charge in [0, 0.05) is 11.8 Å². The molecule has 0 spiro atoms. The Morgan fingerprint density at radius 2 is 1.65 bits per heavy atom. The Morgan fingerprint density at radius 3 is 2.31 bits per heavy atom. The molecule has 0 heterocycles. The third-order valence-corrected chi connectivity index (χ3v) is 3.24. The van der Waals surface area contributed by atoms with Gasteiger partial charge in [0.2, 0.25) is 0 Å². The molecule has 0 bridgehead atoms. The number of carbonyl (C=O) groups excluding carboxylic acids is 3. The molecule has 6 nitrogen and oxygen atoms in total. The first-order chi connectivity index (χ1) is 12.6. The lowest BCUT2D eigenvalue weighted by atomic mass is 10.2. The van der Waals surface area contributed by atoms with E-state index in [1.165, 1.54) is 6.08 Å². The fraction of sp³-hybridized carbons (Fsp3) is 0.150. The second-order valence-corrected chi connectivity index (χ2v) is 5.20. The molecule has 1 N–H and O–H groups in total. The Bertz CT molecular complexity index is 782. The number of hydrogen-bond acceptors (Lipinski definition) is 5. The summed E-state index contributed by atoms with van der Waals surface area (Å²) in [5.74, 6) is -1.51. The number of anilines is 1. The summed E-state index contributed by atoms with van der Waals surface area (Å²) in [5, 5.41) is 2.58. The lowest BCUT2D eigenvalue weighted by Gasteiger charge is -2.06. The van der Waals surface area contributed by atoms with E-state index in [0.29, 0.717) is 17.9 Å². The maximum Gasteiger partial charge on any atom is 0.338 e. The van der Waals surface area contributed by atoms with E-state index >= 15 is 0 Å². The molecule has 0 atom stereocenters. The lowest BCUT2D eigenvalue weighted by molar-refractivity contribution is -0.142. The summed E-state index contributed by atoms with van der Waals surface area (Å²) in [6.07, 6.45) is 2.87. The van der Waals surface area contributed by atoms with Crippen molar-refractivity contribution in [2.24, 2.45) is 0 Å². The highest BCUT2D eigenvalue weighted by Crippen LogP contribution is 2.10. The van der Waals surface area contributed by atoms with Crippen LogP contribution in [-0.2, 0) is 19.1 Å². The summed E-state index contributed by atoms with van der Waals surface area (Å²) >= 11 is 0. The number of nitrogens with one attached hydrogen (secondary N) is 1. The van der Waals surface area contributed by atoms with Gasteiger partial charge in [0.05, 0.1) is 12.2 Å². The second kappa shape index (κ2) is 9.78. The van der Waals surface area contributed by atoms with E-state index in [2.05, 4.69) is 5.32 Å². The summed E-state index contributed by atoms with van der Waals surface area (Å²) in [4.78, 5) is 35.0. The maximum absolute atomic E-state index is 11.8. The van der Waals surface area contributed by atoms with E-state index in [9.17, 15) is 14.4 Å². The summed E-state index contributed by atoms with van der Waals surface area (Å²) in [6, 6.07) is 15.5. The van der Waals surface area contributed by atoms with Crippen molar-refractivity contribution in [2.45, 2.75) is 6.92 Å². The molecule has 2 rings (SSSR count). The highest BCUT2D eigenvalue weighted by molar-refractivity contribution is 5.95. The van der Waals surface area contributed by atoms with Crippen LogP contribution in [0.15, 0.2) is 60.7 Å². The van der Waals surface area contributed by atoms with Crippen LogP contribution in [-0.4, -0.2) is 31.1 Å². The Labute approximate surface area is 151 Å².